The number of hydrogen-bond acceptors (Lipinski definition) is 5. The average Bonchev–Trinajstić information content (AvgIpc) is 2.64. The van der Waals surface area contributed by atoms with Gasteiger partial charge < -0.3 is 14.8 Å². The lowest BCUT2D eigenvalue weighted by atomic mass is 10.2. The van der Waals surface area contributed by atoms with Gasteiger partial charge in [0, 0.05) is 25.0 Å². The molecule has 0 aliphatic rings. The van der Waals surface area contributed by atoms with Gasteiger partial charge in [0.15, 0.2) is 6.61 Å². The summed E-state index contributed by atoms with van der Waals surface area (Å²) in [6.45, 7) is 2.33. The summed E-state index contributed by atoms with van der Waals surface area (Å²) in [7, 11) is 0. The van der Waals surface area contributed by atoms with Gasteiger partial charge in [0.2, 0.25) is 5.91 Å². The quantitative estimate of drug-likeness (QED) is 0.589. The molecule has 25 heavy (non-hydrogen) atoms. The Labute approximate surface area is 146 Å². The summed E-state index contributed by atoms with van der Waals surface area (Å²) in [6.07, 6.45) is 6.51. The number of esters is 1. The van der Waals surface area contributed by atoms with Crippen molar-refractivity contribution in [3.05, 3.63) is 66.0 Å². The van der Waals surface area contributed by atoms with Crippen LogP contribution in [0.1, 0.15) is 18.1 Å². The van der Waals surface area contributed by atoms with Gasteiger partial charge in [-0.1, -0.05) is 18.2 Å². The fourth-order valence-corrected chi connectivity index (χ4v) is 1.98. The molecular weight excluding hydrogens is 320 g/mol. The highest BCUT2D eigenvalue weighted by molar-refractivity contribution is 5.91. The summed E-state index contributed by atoms with van der Waals surface area (Å²) in [5, 5.41) is 2.78. The van der Waals surface area contributed by atoms with Crippen molar-refractivity contribution in [3.8, 4) is 5.75 Å². The minimum atomic E-state index is -0.418. The largest absolute Gasteiger partial charge is 0.482 e. The number of nitrogens with zero attached hydrogens (tertiary/aromatic N) is 1. The maximum atomic E-state index is 11.9. The fourth-order valence-electron chi connectivity index (χ4n) is 1.98. The predicted octanol–water partition coefficient (Wildman–Crippen LogP) is 2.35. The number of aromatic nitrogens is 1. The molecule has 0 radical (unpaired) electrons. The first-order valence-electron chi connectivity index (χ1n) is 7.90. The van der Waals surface area contributed by atoms with Crippen LogP contribution in [0, 0.1) is 0 Å². The van der Waals surface area contributed by atoms with Gasteiger partial charge in [-0.05, 0) is 42.3 Å². The van der Waals surface area contributed by atoms with E-state index in [1.807, 2.05) is 18.2 Å². The smallest absolute Gasteiger partial charge is 0.344 e. The Morgan fingerprint density at radius 2 is 2.12 bits per heavy atom. The van der Waals surface area contributed by atoms with E-state index in [1.165, 1.54) is 6.08 Å². The van der Waals surface area contributed by atoms with Gasteiger partial charge in [-0.15, -0.1) is 0 Å². The van der Waals surface area contributed by atoms with Crippen molar-refractivity contribution in [2.45, 2.75) is 13.5 Å². The van der Waals surface area contributed by atoms with E-state index >= 15 is 0 Å². The first kappa shape index (κ1) is 18.2. The fraction of sp³-hybridized carbons (Fsp3) is 0.211. The molecule has 6 heteroatoms. The third kappa shape index (κ3) is 6.87. The number of ether oxygens (including phenoxy) is 2. The normalized spacial score (nSPS) is 10.4. The molecule has 0 saturated carbocycles. The van der Waals surface area contributed by atoms with Crippen LogP contribution in [-0.2, 0) is 20.9 Å². The van der Waals surface area contributed by atoms with Crippen LogP contribution < -0.4 is 10.1 Å². The molecule has 1 amide bonds. The molecule has 0 spiro atoms. The minimum absolute atomic E-state index is 0.146. The second-order valence-corrected chi connectivity index (χ2v) is 5.08. The Hall–Kier alpha value is -3.15. The molecule has 130 valence electrons. The minimum Gasteiger partial charge on any atom is -0.482 e. The molecular formula is C19H20N2O4. The first-order chi connectivity index (χ1) is 12.2. The van der Waals surface area contributed by atoms with E-state index in [4.69, 9.17) is 9.47 Å². The summed E-state index contributed by atoms with van der Waals surface area (Å²) < 4.78 is 10.2. The molecule has 0 atom stereocenters. The van der Waals surface area contributed by atoms with Gasteiger partial charge in [-0.2, -0.15) is 0 Å². The average molecular weight is 340 g/mol. The SMILES string of the molecule is CCOC(=O)COc1cccc(/C=C/C(=O)NCc2cccnc2)c1. The Balaban J connectivity index is 1.84. The maximum Gasteiger partial charge on any atom is 0.344 e. The van der Waals surface area contributed by atoms with Crippen molar-refractivity contribution in [1.29, 1.82) is 0 Å². The Bertz CT molecular complexity index is 729. The molecule has 1 aromatic heterocycles. The van der Waals surface area contributed by atoms with E-state index < -0.39 is 5.97 Å². The summed E-state index contributed by atoms with van der Waals surface area (Å²) in [5.41, 5.74) is 1.72. The number of pyridine rings is 1. The van der Waals surface area contributed by atoms with E-state index in [2.05, 4.69) is 10.3 Å². The zero-order valence-corrected chi connectivity index (χ0v) is 14.0. The number of rotatable bonds is 8. The molecule has 0 aliphatic carbocycles. The summed E-state index contributed by atoms with van der Waals surface area (Å²) >= 11 is 0. The van der Waals surface area contributed by atoms with Crippen molar-refractivity contribution in [1.82, 2.24) is 10.3 Å². The van der Waals surface area contributed by atoms with E-state index in [0.29, 0.717) is 18.9 Å². The van der Waals surface area contributed by atoms with Crippen LogP contribution in [0.3, 0.4) is 0 Å². The van der Waals surface area contributed by atoms with Crippen molar-refractivity contribution in [3.63, 3.8) is 0 Å². The van der Waals surface area contributed by atoms with Crippen LogP contribution in [0.15, 0.2) is 54.9 Å². The van der Waals surface area contributed by atoms with Gasteiger partial charge in [-0.25, -0.2) is 4.79 Å². The van der Waals surface area contributed by atoms with Crippen molar-refractivity contribution in [2.75, 3.05) is 13.2 Å². The Kier molecular flexibility index (Phi) is 7.18. The summed E-state index contributed by atoms with van der Waals surface area (Å²) in [4.78, 5) is 27.1. The van der Waals surface area contributed by atoms with Gasteiger partial charge >= 0.3 is 5.97 Å². The van der Waals surface area contributed by atoms with E-state index in [9.17, 15) is 9.59 Å². The Morgan fingerprint density at radius 3 is 2.88 bits per heavy atom. The molecule has 0 aliphatic heterocycles. The molecule has 1 N–H and O–H groups in total. The highest BCUT2D eigenvalue weighted by Gasteiger charge is 2.03. The molecule has 0 saturated heterocycles. The van der Waals surface area contributed by atoms with Crippen molar-refractivity contribution in [2.24, 2.45) is 0 Å². The lowest BCUT2D eigenvalue weighted by Gasteiger charge is -2.06. The zero-order valence-electron chi connectivity index (χ0n) is 14.0. The van der Waals surface area contributed by atoms with Crippen LogP contribution in [0.4, 0.5) is 0 Å². The third-order valence-corrected chi connectivity index (χ3v) is 3.14. The number of carbonyl (C=O) groups is 2. The van der Waals surface area contributed by atoms with E-state index in [0.717, 1.165) is 11.1 Å². The standard InChI is InChI=1S/C19H20N2O4/c1-2-24-19(23)14-25-17-7-3-5-15(11-17)8-9-18(22)21-13-16-6-4-10-20-12-16/h3-12H,2,13-14H2,1H3,(H,21,22)/b9-8+. The molecule has 6 nitrogen and oxygen atoms in total. The predicted molar refractivity (Wildman–Crippen MR) is 93.7 cm³/mol. The third-order valence-electron chi connectivity index (χ3n) is 3.14. The van der Waals surface area contributed by atoms with Gasteiger partial charge in [0.1, 0.15) is 5.75 Å². The van der Waals surface area contributed by atoms with Crippen LogP contribution >= 0.6 is 0 Å². The second kappa shape index (κ2) is 9.87. The van der Waals surface area contributed by atoms with E-state index in [-0.39, 0.29) is 12.5 Å². The summed E-state index contributed by atoms with van der Waals surface area (Å²) in [6, 6.07) is 10.8. The van der Waals surface area contributed by atoms with Gasteiger partial charge in [-0.3, -0.25) is 9.78 Å². The van der Waals surface area contributed by atoms with Crippen LogP contribution in [-0.4, -0.2) is 30.1 Å². The molecule has 2 rings (SSSR count). The number of amides is 1. The molecule has 2 aromatic rings. The van der Waals surface area contributed by atoms with Crippen LogP contribution in [0.25, 0.3) is 6.08 Å². The highest BCUT2D eigenvalue weighted by Crippen LogP contribution is 2.14. The number of nitrogens with one attached hydrogen (secondary N) is 1. The lowest BCUT2D eigenvalue weighted by molar-refractivity contribution is -0.145. The number of benzene rings is 1. The maximum absolute atomic E-state index is 11.9. The molecule has 0 fully saturated rings. The van der Waals surface area contributed by atoms with Crippen molar-refractivity contribution >= 4 is 18.0 Å². The van der Waals surface area contributed by atoms with Crippen LogP contribution in [0.5, 0.6) is 5.75 Å². The Morgan fingerprint density at radius 1 is 1.24 bits per heavy atom. The van der Waals surface area contributed by atoms with Crippen LogP contribution in [0.2, 0.25) is 0 Å². The molecule has 0 bridgehead atoms. The van der Waals surface area contributed by atoms with Gasteiger partial charge in [0.25, 0.3) is 0 Å². The first-order valence-corrected chi connectivity index (χ1v) is 7.90. The monoisotopic (exact) mass is 340 g/mol. The van der Waals surface area contributed by atoms with Gasteiger partial charge in [0.05, 0.1) is 6.61 Å². The van der Waals surface area contributed by atoms with E-state index in [1.54, 1.807) is 43.6 Å². The number of carbonyl (C=O) groups excluding carboxylic acids is 2. The molecule has 0 unspecified atom stereocenters. The van der Waals surface area contributed by atoms with Crippen molar-refractivity contribution < 1.29 is 19.1 Å². The molecule has 1 heterocycles. The number of hydrogen-bond donors (Lipinski definition) is 1. The zero-order chi connectivity index (χ0) is 17.9. The summed E-state index contributed by atoms with van der Waals surface area (Å²) in [5.74, 6) is -0.0918. The second-order valence-electron chi connectivity index (χ2n) is 5.08. The highest BCUT2D eigenvalue weighted by atomic mass is 16.6. The topological polar surface area (TPSA) is 77.5 Å². The lowest BCUT2D eigenvalue weighted by Crippen LogP contribution is -2.20. The molecule has 1 aromatic carbocycles.